The van der Waals surface area contributed by atoms with Crippen molar-refractivity contribution in [1.82, 2.24) is 9.78 Å². The maximum atomic E-state index is 12.3. The first kappa shape index (κ1) is 13.3. The van der Waals surface area contributed by atoms with Crippen molar-refractivity contribution in [3.05, 3.63) is 47.3 Å². The molecule has 0 saturated carbocycles. The van der Waals surface area contributed by atoms with Gasteiger partial charge in [0.2, 0.25) is 5.91 Å². The summed E-state index contributed by atoms with van der Waals surface area (Å²) < 4.78 is 1.72. The Hall–Kier alpha value is -2.10. The minimum Gasteiger partial charge on any atom is -0.324 e. The molecule has 2 rings (SSSR count). The summed E-state index contributed by atoms with van der Waals surface area (Å²) in [5.74, 6) is -0.0551. The lowest BCUT2D eigenvalue weighted by molar-refractivity contribution is -0.119. The van der Waals surface area contributed by atoms with E-state index in [4.69, 9.17) is 0 Å². The SMILES string of the molecule is Cc1ccc(C)c(NC(=O)C(C)n2nccc2C)c1. The number of hydrogen-bond acceptors (Lipinski definition) is 2. The summed E-state index contributed by atoms with van der Waals surface area (Å²) in [7, 11) is 0. The first-order chi connectivity index (χ1) is 8.99. The highest BCUT2D eigenvalue weighted by molar-refractivity contribution is 5.94. The Balaban J connectivity index is 2.17. The molecule has 0 spiro atoms. The van der Waals surface area contributed by atoms with Crippen LogP contribution in [0.4, 0.5) is 5.69 Å². The van der Waals surface area contributed by atoms with Gasteiger partial charge in [0, 0.05) is 17.6 Å². The minimum atomic E-state index is -0.324. The van der Waals surface area contributed by atoms with Gasteiger partial charge in [-0.15, -0.1) is 0 Å². The highest BCUT2D eigenvalue weighted by Crippen LogP contribution is 2.18. The van der Waals surface area contributed by atoms with Crippen molar-refractivity contribution in [3.8, 4) is 0 Å². The van der Waals surface area contributed by atoms with Gasteiger partial charge in [-0.1, -0.05) is 12.1 Å². The van der Waals surface area contributed by atoms with E-state index in [0.29, 0.717) is 0 Å². The van der Waals surface area contributed by atoms with Crippen LogP contribution in [0.1, 0.15) is 29.8 Å². The van der Waals surface area contributed by atoms with Crippen molar-refractivity contribution in [1.29, 1.82) is 0 Å². The number of nitrogens with zero attached hydrogens (tertiary/aromatic N) is 2. The molecule has 0 bridgehead atoms. The van der Waals surface area contributed by atoms with Gasteiger partial charge in [-0.05, 0) is 51.0 Å². The van der Waals surface area contributed by atoms with Gasteiger partial charge in [0.15, 0.2) is 0 Å². The van der Waals surface area contributed by atoms with E-state index in [0.717, 1.165) is 22.5 Å². The van der Waals surface area contributed by atoms with Crippen molar-refractivity contribution >= 4 is 11.6 Å². The monoisotopic (exact) mass is 257 g/mol. The molecule has 2 aromatic rings. The summed E-state index contributed by atoms with van der Waals surface area (Å²) in [6.45, 7) is 7.78. The highest BCUT2D eigenvalue weighted by Gasteiger charge is 2.17. The topological polar surface area (TPSA) is 46.9 Å². The Morgan fingerprint density at radius 3 is 2.63 bits per heavy atom. The third-order valence-electron chi connectivity index (χ3n) is 3.27. The molecule has 1 aromatic carbocycles. The van der Waals surface area contributed by atoms with Crippen molar-refractivity contribution in [2.75, 3.05) is 5.32 Å². The van der Waals surface area contributed by atoms with E-state index in [1.54, 1.807) is 10.9 Å². The molecule has 1 heterocycles. The number of rotatable bonds is 3. The molecule has 0 aliphatic carbocycles. The largest absolute Gasteiger partial charge is 0.324 e. The molecular formula is C15H19N3O. The van der Waals surface area contributed by atoms with Crippen LogP contribution < -0.4 is 5.32 Å². The summed E-state index contributed by atoms with van der Waals surface area (Å²) in [5.41, 5.74) is 4.03. The summed E-state index contributed by atoms with van der Waals surface area (Å²) in [4.78, 5) is 12.3. The quantitative estimate of drug-likeness (QED) is 0.918. The second-order valence-electron chi connectivity index (χ2n) is 4.90. The number of aromatic nitrogens is 2. The summed E-state index contributed by atoms with van der Waals surface area (Å²) in [5, 5.41) is 7.14. The predicted molar refractivity (Wildman–Crippen MR) is 76.2 cm³/mol. The van der Waals surface area contributed by atoms with Crippen LogP contribution in [0.25, 0.3) is 0 Å². The molecule has 1 amide bonds. The number of carbonyl (C=O) groups excluding carboxylic acids is 1. The van der Waals surface area contributed by atoms with E-state index >= 15 is 0 Å². The van der Waals surface area contributed by atoms with Gasteiger partial charge in [0.25, 0.3) is 0 Å². The molecule has 0 aliphatic rings. The number of aryl methyl sites for hydroxylation is 3. The van der Waals surface area contributed by atoms with Gasteiger partial charge in [0.1, 0.15) is 6.04 Å². The summed E-state index contributed by atoms with van der Waals surface area (Å²) >= 11 is 0. The second-order valence-corrected chi connectivity index (χ2v) is 4.90. The third-order valence-corrected chi connectivity index (χ3v) is 3.27. The number of hydrogen-bond donors (Lipinski definition) is 1. The fraction of sp³-hybridized carbons (Fsp3) is 0.333. The Kier molecular flexibility index (Phi) is 3.69. The van der Waals surface area contributed by atoms with Crippen LogP contribution in [0.3, 0.4) is 0 Å². The average molecular weight is 257 g/mol. The van der Waals surface area contributed by atoms with Crippen LogP contribution in [0.5, 0.6) is 0 Å². The first-order valence-electron chi connectivity index (χ1n) is 6.37. The van der Waals surface area contributed by atoms with Gasteiger partial charge in [-0.25, -0.2) is 0 Å². The first-order valence-corrected chi connectivity index (χ1v) is 6.37. The number of anilines is 1. The van der Waals surface area contributed by atoms with E-state index in [2.05, 4.69) is 10.4 Å². The second kappa shape index (κ2) is 5.26. The Morgan fingerprint density at radius 1 is 1.26 bits per heavy atom. The van der Waals surface area contributed by atoms with Crippen molar-refractivity contribution in [3.63, 3.8) is 0 Å². The number of amides is 1. The molecule has 1 unspecified atom stereocenters. The molecule has 1 atom stereocenters. The summed E-state index contributed by atoms with van der Waals surface area (Å²) in [6.07, 6.45) is 1.71. The molecule has 1 aromatic heterocycles. The Labute approximate surface area is 113 Å². The third kappa shape index (κ3) is 2.84. The summed E-state index contributed by atoms with van der Waals surface area (Å²) in [6, 6.07) is 7.59. The van der Waals surface area contributed by atoms with Crippen LogP contribution in [-0.4, -0.2) is 15.7 Å². The molecule has 0 radical (unpaired) electrons. The van der Waals surface area contributed by atoms with Crippen molar-refractivity contribution in [2.24, 2.45) is 0 Å². The van der Waals surface area contributed by atoms with E-state index in [1.165, 1.54) is 0 Å². The predicted octanol–water partition coefficient (Wildman–Crippen LogP) is 3.01. The van der Waals surface area contributed by atoms with Crippen LogP contribution in [0.15, 0.2) is 30.5 Å². The molecule has 4 heteroatoms. The minimum absolute atomic E-state index is 0.0551. The molecule has 100 valence electrons. The maximum absolute atomic E-state index is 12.3. The van der Waals surface area contributed by atoms with Gasteiger partial charge in [0.05, 0.1) is 0 Å². The molecule has 0 saturated heterocycles. The van der Waals surface area contributed by atoms with Gasteiger partial charge < -0.3 is 5.32 Å². The fourth-order valence-electron chi connectivity index (χ4n) is 2.00. The van der Waals surface area contributed by atoms with Gasteiger partial charge >= 0.3 is 0 Å². The van der Waals surface area contributed by atoms with Gasteiger partial charge in [-0.2, -0.15) is 5.10 Å². The van der Waals surface area contributed by atoms with Crippen molar-refractivity contribution < 1.29 is 4.79 Å². The zero-order valence-electron chi connectivity index (χ0n) is 11.8. The zero-order valence-corrected chi connectivity index (χ0v) is 11.8. The maximum Gasteiger partial charge on any atom is 0.248 e. The lowest BCUT2D eigenvalue weighted by Gasteiger charge is -2.16. The molecule has 1 N–H and O–H groups in total. The number of benzene rings is 1. The molecule has 19 heavy (non-hydrogen) atoms. The standard InChI is InChI=1S/C15H19N3O/c1-10-5-6-11(2)14(9-10)17-15(19)13(4)18-12(3)7-8-16-18/h5-9,13H,1-4H3,(H,17,19). The van der Waals surface area contributed by atoms with Crippen LogP contribution in [0.2, 0.25) is 0 Å². The Bertz CT molecular complexity index is 601. The molecule has 0 aliphatic heterocycles. The lowest BCUT2D eigenvalue weighted by atomic mass is 10.1. The number of nitrogens with one attached hydrogen (secondary N) is 1. The van der Waals surface area contributed by atoms with Crippen molar-refractivity contribution in [2.45, 2.75) is 33.7 Å². The molecular weight excluding hydrogens is 238 g/mol. The fourth-order valence-corrected chi connectivity index (χ4v) is 2.00. The van der Waals surface area contributed by atoms with E-state index in [1.807, 2.05) is 52.0 Å². The Morgan fingerprint density at radius 2 is 2.00 bits per heavy atom. The molecule has 0 fully saturated rings. The van der Waals surface area contributed by atoms with Crippen LogP contribution in [0, 0.1) is 20.8 Å². The van der Waals surface area contributed by atoms with Gasteiger partial charge in [-0.3, -0.25) is 9.48 Å². The van der Waals surface area contributed by atoms with E-state index in [9.17, 15) is 4.79 Å². The lowest BCUT2D eigenvalue weighted by Crippen LogP contribution is -2.25. The van der Waals surface area contributed by atoms with Crippen LogP contribution >= 0.6 is 0 Å². The van der Waals surface area contributed by atoms with Crippen LogP contribution in [-0.2, 0) is 4.79 Å². The number of carbonyl (C=O) groups is 1. The smallest absolute Gasteiger partial charge is 0.248 e. The van der Waals surface area contributed by atoms with E-state index < -0.39 is 0 Å². The normalized spacial score (nSPS) is 12.2. The molecule has 4 nitrogen and oxygen atoms in total. The average Bonchev–Trinajstić information content (AvgIpc) is 2.79. The highest BCUT2D eigenvalue weighted by atomic mass is 16.2. The zero-order chi connectivity index (χ0) is 14.0. The van der Waals surface area contributed by atoms with E-state index in [-0.39, 0.29) is 11.9 Å².